The number of aromatic nitrogens is 1. The van der Waals surface area contributed by atoms with Gasteiger partial charge in [0.25, 0.3) is 0 Å². The maximum absolute atomic E-state index is 10.5. The molecule has 0 fully saturated rings. The summed E-state index contributed by atoms with van der Waals surface area (Å²) >= 11 is 1.42. The van der Waals surface area contributed by atoms with Crippen LogP contribution in [-0.2, 0) is 0 Å². The number of benzene rings is 2. The van der Waals surface area contributed by atoms with Crippen LogP contribution in [0.1, 0.15) is 5.01 Å². The monoisotopic (exact) mass is 393 g/mol. The molecule has 3 aromatic rings. The third kappa shape index (κ3) is 3.49. The highest BCUT2D eigenvalue weighted by Crippen LogP contribution is 2.34. The third-order valence-corrected chi connectivity index (χ3v) is 5.26. The molecule has 0 radical (unpaired) electrons. The van der Waals surface area contributed by atoms with Crippen LogP contribution >= 0.6 is 11.3 Å². The summed E-state index contributed by atoms with van der Waals surface area (Å²) in [6.07, 6.45) is 0. The van der Waals surface area contributed by atoms with Gasteiger partial charge in [0, 0.05) is 16.6 Å². The summed E-state index contributed by atoms with van der Waals surface area (Å²) in [6.45, 7) is 0.420. The van der Waals surface area contributed by atoms with Gasteiger partial charge in [0.1, 0.15) is 29.0 Å². The quantitative estimate of drug-likeness (QED) is 0.590. The molecule has 3 N–H and O–H groups in total. The van der Waals surface area contributed by atoms with E-state index in [1.165, 1.54) is 11.3 Å². The van der Waals surface area contributed by atoms with Crippen molar-refractivity contribution in [2.75, 3.05) is 24.7 Å². The molecule has 2 heterocycles. The standard InChI is InChI=1S/C21H19N3O3S/c22-20-19(21-23-17(13-28-21)14-4-2-1-3-5-14)18(26)12-24(20)15-6-8-16(9-7-15)27-11-10-25/h1-9,13,22,25-26H,10-12H2. The fraction of sp³-hybridized carbons (Fsp3) is 0.143. The van der Waals surface area contributed by atoms with Crippen LogP contribution in [-0.4, -0.2) is 40.8 Å². The van der Waals surface area contributed by atoms with E-state index in [-0.39, 0.29) is 31.4 Å². The average molecular weight is 393 g/mol. The Labute approximate surface area is 166 Å². The first-order valence-electron chi connectivity index (χ1n) is 8.81. The van der Waals surface area contributed by atoms with Crippen LogP contribution in [0.4, 0.5) is 5.69 Å². The largest absolute Gasteiger partial charge is 0.510 e. The first kappa shape index (κ1) is 18.2. The summed E-state index contributed by atoms with van der Waals surface area (Å²) in [7, 11) is 0. The van der Waals surface area contributed by atoms with Crippen molar-refractivity contribution in [3.05, 3.63) is 70.7 Å². The van der Waals surface area contributed by atoms with Crippen LogP contribution in [0.2, 0.25) is 0 Å². The SMILES string of the molecule is N=C1C(c2nc(-c3ccccc3)cs2)=C(O)CN1c1ccc(OCCO)cc1. The topological polar surface area (TPSA) is 89.7 Å². The molecule has 0 aliphatic carbocycles. The highest BCUT2D eigenvalue weighted by atomic mass is 32.1. The molecule has 7 heteroatoms. The Balaban J connectivity index is 1.55. The van der Waals surface area contributed by atoms with Crippen LogP contribution in [0.3, 0.4) is 0 Å². The lowest BCUT2D eigenvalue weighted by molar-refractivity contribution is 0.201. The Hall–Kier alpha value is -3.16. The third-order valence-electron chi connectivity index (χ3n) is 4.40. The zero-order chi connectivity index (χ0) is 19.5. The second-order valence-electron chi connectivity index (χ2n) is 6.23. The number of thiazole rings is 1. The fourth-order valence-electron chi connectivity index (χ4n) is 3.04. The van der Waals surface area contributed by atoms with E-state index in [9.17, 15) is 5.11 Å². The minimum atomic E-state index is -0.0432. The smallest absolute Gasteiger partial charge is 0.139 e. The maximum atomic E-state index is 10.5. The Morgan fingerprint density at radius 3 is 2.57 bits per heavy atom. The van der Waals surface area contributed by atoms with Crippen LogP contribution in [0.15, 0.2) is 65.7 Å². The van der Waals surface area contributed by atoms with E-state index in [0.29, 0.717) is 16.3 Å². The molecule has 0 spiro atoms. The van der Waals surface area contributed by atoms with Crippen LogP contribution in [0.25, 0.3) is 16.8 Å². The van der Waals surface area contributed by atoms with Gasteiger partial charge in [0.2, 0.25) is 0 Å². The number of hydrogen-bond donors (Lipinski definition) is 3. The highest BCUT2D eigenvalue weighted by molar-refractivity contribution is 7.11. The minimum Gasteiger partial charge on any atom is -0.510 e. The molecule has 0 saturated heterocycles. The van der Waals surface area contributed by atoms with Gasteiger partial charge in [0.05, 0.1) is 24.4 Å². The van der Waals surface area contributed by atoms with Crippen molar-refractivity contribution in [3.8, 4) is 17.0 Å². The molecular weight excluding hydrogens is 374 g/mol. The number of rotatable bonds is 6. The molecule has 0 unspecified atom stereocenters. The molecule has 0 bridgehead atoms. The molecule has 142 valence electrons. The lowest BCUT2D eigenvalue weighted by Crippen LogP contribution is -2.25. The number of amidine groups is 1. The average Bonchev–Trinajstić information content (AvgIpc) is 3.32. The van der Waals surface area contributed by atoms with Crippen molar-refractivity contribution >= 4 is 28.4 Å². The molecule has 6 nitrogen and oxygen atoms in total. The van der Waals surface area contributed by atoms with Gasteiger partial charge in [-0.3, -0.25) is 5.41 Å². The van der Waals surface area contributed by atoms with Gasteiger partial charge in [0.15, 0.2) is 0 Å². The maximum Gasteiger partial charge on any atom is 0.139 e. The fourth-order valence-corrected chi connectivity index (χ4v) is 3.94. The Kier molecular flexibility index (Phi) is 5.10. The number of nitrogens with zero attached hydrogens (tertiary/aromatic N) is 2. The van der Waals surface area contributed by atoms with Crippen molar-refractivity contribution < 1.29 is 14.9 Å². The number of anilines is 1. The predicted octanol–water partition coefficient (Wildman–Crippen LogP) is 3.95. The molecule has 0 amide bonds. The first-order chi connectivity index (χ1) is 13.7. The summed E-state index contributed by atoms with van der Waals surface area (Å²) in [4.78, 5) is 6.36. The van der Waals surface area contributed by atoms with E-state index in [4.69, 9.17) is 15.3 Å². The lowest BCUT2D eigenvalue weighted by atomic mass is 10.2. The molecule has 0 atom stereocenters. The van der Waals surface area contributed by atoms with Crippen molar-refractivity contribution in [1.82, 2.24) is 4.98 Å². The van der Waals surface area contributed by atoms with Crippen molar-refractivity contribution in [2.24, 2.45) is 0 Å². The number of aliphatic hydroxyl groups is 2. The van der Waals surface area contributed by atoms with E-state index in [2.05, 4.69) is 4.98 Å². The molecule has 2 aromatic carbocycles. The molecule has 4 rings (SSSR count). The summed E-state index contributed by atoms with van der Waals surface area (Å²) in [5, 5.41) is 30.5. The summed E-state index contributed by atoms with van der Waals surface area (Å²) in [5.74, 6) is 1.00. The van der Waals surface area contributed by atoms with E-state index in [0.717, 1.165) is 16.9 Å². The number of hydrogen-bond acceptors (Lipinski definition) is 6. The van der Waals surface area contributed by atoms with Crippen molar-refractivity contribution in [1.29, 1.82) is 5.41 Å². The van der Waals surface area contributed by atoms with Gasteiger partial charge in [-0.05, 0) is 24.3 Å². The molecule has 0 saturated carbocycles. The molecule has 1 aliphatic rings. The number of ether oxygens (including phenoxy) is 1. The van der Waals surface area contributed by atoms with Crippen LogP contribution in [0, 0.1) is 5.41 Å². The highest BCUT2D eigenvalue weighted by Gasteiger charge is 2.31. The van der Waals surface area contributed by atoms with Gasteiger partial charge < -0.3 is 19.8 Å². The van der Waals surface area contributed by atoms with Gasteiger partial charge >= 0.3 is 0 Å². The lowest BCUT2D eigenvalue weighted by Gasteiger charge is -2.19. The van der Waals surface area contributed by atoms with Crippen LogP contribution < -0.4 is 9.64 Å². The predicted molar refractivity (Wildman–Crippen MR) is 111 cm³/mol. The van der Waals surface area contributed by atoms with E-state index in [1.807, 2.05) is 47.8 Å². The second kappa shape index (κ2) is 7.84. The molecule has 1 aliphatic heterocycles. The van der Waals surface area contributed by atoms with E-state index < -0.39 is 0 Å². The second-order valence-corrected chi connectivity index (χ2v) is 7.08. The van der Waals surface area contributed by atoms with Gasteiger partial charge in [-0.1, -0.05) is 30.3 Å². The summed E-state index contributed by atoms with van der Waals surface area (Å²) < 4.78 is 5.37. The summed E-state index contributed by atoms with van der Waals surface area (Å²) in [5.41, 5.74) is 3.08. The Morgan fingerprint density at radius 2 is 1.86 bits per heavy atom. The van der Waals surface area contributed by atoms with Crippen LogP contribution in [0.5, 0.6) is 5.75 Å². The number of aliphatic hydroxyl groups excluding tert-OH is 2. The molecular formula is C21H19N3O3S. The van der Waals surface area contributed by atoms with Crippen molar-refractivity contribution in [3.63, 3.8) is 0 Å². The first-order valence-corrected chi connectivity index (χ1v) is 9.69. The van der Waals surface area contributed by atoms with Crippen molar-refractivity contribution in [2.45, 2.75) is 0 Å². The van der Waals surface area contributed by atoms with Gasteiger partial charge in [-0.2, -0.15) is 0 Å². The van der Waals surface area contributed by atoms with E-state index in [1.54, 1.807) is 17.0 Å². The zero-order valence-corrected chi connectivity index (χ0v) is 15.8. The van der Waals surface area contributed by atoms with E-state index >= 15 is 0 Å². The number of nitrogens with one attached hydrogen (secondary N) is 1. The molecule has 28 heavy (non-hydrogen) atoms. The molecule has 1 aromatic heterocycles. The Morgan fingerprint density at radius 1 is 1.11 bits per heavy atom. The van der Waals surface area contributed by atoms with Gasteiger partial charge in [-0.25, -0.2) is 4.98 Å². The Bertz CT molecular complexity index is 1010. The minimum absolute atomic E-state index is 0.0432. The zero-order valence-electron chi connectivity index (χ0n) is 15.0. The summed E-state index contributed by atoms with van der Waals surface area (Å²) in [6, 6.07) is 17.1. The normalized spacial score (nSPS) is 14.0. The van der Waals surface area contributed by atoms with Gasteiger partial charge in [-0.15, -0.1) is 11.3 Å².